The fourth-order valence-electron chi connectivity index (χ4n) is 3.97. The molecule has 150 valence electrons. The van der Waals surface area contributed by atoms with Gasteiger partial charge >= 0.3 is 0 Å². The van der Waals surface area contributed by atoms with E-state index in [1.165, 1.54) is 0 Å². The predicted molar refractivity (Wildman–Crippen MR) is 111 cm³/mol. The van der Waals surface area contributed by atoms with Gasteiger partial charge in [0, 0.05) is 17.7 Å². The van der Waals surface area contributed by atoms with Gasteiger partial charge in [-0.3, -0.25) is 9.59 Å². The van der Waals surface area contributed by atoms with E-state index in [1.54, 1.807) is 13.0 Å². The highest BCUT2D eigenvalue weighted by atomic mass is 16.3. The fraction of sp³-hybridized carbons (Fsp3) is 0.348. The van der Waals surface area contributed by atoms with E-state index in [9.17, 15) is 9.59 Å². The number of aryl methyl sites for hydroxylation is 3. The molecule has 2 heterocycles. The van der Waals surface area contributed by atoms with E-state index < -0.39 is 0 Å². The van der Waals surface area contributed by atoms with Crippen LogP contribution in [-0.2, 0) is 12.8 Å². The van der Waals surface area contributed by atoms with E-state index in [-0.39, 0.29) is 11.5 Å². The highest BCUT2D eigenvalue weighted by Gasteiger charge is 2.22. The standard InChI is InChI=1S/C23H25N3O3/c1-14-12-19(15(2)29-14)22(27)24-13-16-8-10-18-20(11-9-16)25-21(26-23(18)28)17-6-4-3-5-7-17/h3-7,12,16H,8-11,13H2,1-2H3,(H,24,27)(H,25,26,28). The third kappa shape index (κ3) is 4.16. The van der Waals surface area contributed by atoms with Crippen molar-refractivity contribution in [2.24, 2.45) is 5.92 Å². The number of carbonyl (C=O) groups is 1. The van der Waals surface area contributed by atoms with Gasteiger partial charge in [-0.2, -0.15) is 0 Å². The van der Waals surface area contributed by atoms with Crippen molar-refractivity contribution in [1.29, 1.82) is 0 Å². The lowest BCUT2D eigenvalue weighted by Crippen LogP contribution is -2.29. The lowest BCUT2D eigenvalue weighted by Gasteiger charge is -2.14. The first-order chi connectivity index (χ1) is 14.0. The van der Waals surface area contributed by atoms with Crippen LogP contribution >= 0.6 is 0 Å². The molecule has 1 aliphatic rings. The number of carbonyl (C=O) groups excluding carboxylic acids is 1. The van der Waals surface area contributed by atoms with Gasteiger partial charge in [0.15, 0.2) is 0 Å². The van der Waals surface area contributed by atoms with E-state index in [0.717, 1.165) is 41.8 Å². The summed E-state index contributed by atoms with van der Waals surface area (Å²) in [5, 5.41) is 3.02. The van der Waals surface area contributed by atoms with Gasteiger partial charge in [-0.25, -0.2) is 4.98 Å². The van der Waals surface area contributed by atoms with Gasteiger partial charge in [-0.1, -0.05) is 30.3 Å². The number of rotatable bonds is 4. The SMILES string of the molecule is Cc1cc(C(=O)NCC2CCc3nc(-c4ccccc4)[nH]c(=O)c3CC2)c(C)o1. The molecule has 6 nitrogen and oxygen atoms in total. The molecule has 29 heavy (non-hydrogen) atoms. The smallest absolute Gasteiger partial charge is 0.254 e. The van der Waals surface area contributed by atoms with Gasteiger partial charge in [0.25, 0.3) is 11.5 Å². The largest absolute Gasteiger partial charge is 0.466 e. The molecule has 0 saturated heterocycles. The second-order valence-corrected chi connectivity index (χ2v) is 7.69. The number of amides is 1. The van der Waals surface area contributed by atoms with Crippen molar-refractivity contribution in [1.82, 2.24) is 15.3 Å². The number of nitrogens with one attached hydrogen (secondary N) is 2. The van der Waals surface area contributed by atoms with Gasteiger partial charge in [0.05, 0.1) is 11.3 Å². The maximum absolute atomic E-state index is 12.6. The van der Waals surface area contributed by atoms with Crippen molar-refractivity contribution < 1.29 is 9.21 Å². The molecular formula is C23H25N3O3. The number of hydrogen-bond donors (Lipinski definition) is 2. The monoisotopic (exact) mass is 391 g/mol. The molecular weight excluding hydrogens is 366 g/mol. The van der Waals surface area contributed by atoms with E-state index >= 15 is 0 Å². The zero-order valence-electron chi connectivity index (χ0n) is 16.7. The molecule has 1 amide bonds. The second kappa shape index (κ2) is 8.07. The lowest BCUT2D eigenvalue weighted by molar-refractivity contribution is 0.0944. The zero-order valence-corrected chi connectivity index (χ0v) is 16.7. The summed E-state index contributed by atoms with van der Waals surface area (Å²) in [5.74, 6) is 2.19. The number of hydrogen-bond acceptors (Lipinski definition) is 4. The Morgan fingerprint density at radius 3 is 2.69 bits per heavy atom. The minimum absolute atomic E-state index is 0.0527. The fourth-order valence-corrected chi connectivity index (χ4v) is 3.97. The Kier molecular flexibility index (Phi) is 5.34. The lowest BCUT2D eigenvalue weighted by atomic mass is 9.99. The van der Waals surface area contributed by atoms with E-state index in [2.05, 4.69) is 10.3 Å². The Morgan fingerprint density at radius 1 is 1.21 bits per heavy atom. The maximum atomic E-state index is 12.6. The molecule has 2 N–H and O–H groups in total. The Hall–Kier alpha value is -3.15. The Balaban J connectivity index is 1.44. The van der Waals surface area contributed by atoms with Gasteiger partial charge in [-0.05, 0) is 51.5 Å². The number of aromatic nitrogens is 2. The van der Waals surface area contributed by atoms with Gasteiger partial charge in [-0.15, -0.1) is 0 Å². The van der Waals surface area contributed by atoms with Crippen molar-refractivity contribution in [3.63, 3.8) is 0 Å². The Bertz CT molecular complexity index is 1080. The van der Waals surface area contributed by atoms with Crippen LogP contribution in [0.2, 0.25) is 0 Å². The van der Waals surface area contributed by atoms with Crippen LogP contribution in [-0.4, -0.2) is 22.4 Å². The molecule has 0 radical (unpaired) electrons. The van der Waals surface area contributed by atoms with Crippen molar-refractivity contribution in [2.75, 3.05) is 6.54 Å². The van der Waals surface area contributed by atoms with Crippen LogP contribution in [0.15, 0.2) is 45.6 Å². The molecule has 0 spiro atoms. The van der Waals surface area contributed by atoms with Crippen LogP contribution in [0.25, 0.3) is 11.4 Å². The summed E-state index contributed by atoms with van der Waals surface area (Å²) in [5.41, 5.74) is 3.10. The molecule has 4 rings (SSSR count). The van der Waals surface area contributed by atoms with Crippen molar-refractivity contribution >= 4 is 5.91 Å². The Morgan fingerprint density at radius 2 is 1.97 bits per heavy atom. The summed E-state index contributed by atoms with van der Waals surface area (Å²) in [4.78, 5) is 32.7. The molecule has 1 aliphatic carbocycles. The number of fused-ring (bicyclic) bond motifs is 1. The first-order valence-electron chi connectivity index (χ1n) is 10.0. The highest BCUT2D eigenvalue weighted by Crippen LogP contribution is 2.23. The number of furan rings is 1. The van der Waals surface area contributed by atoms with E-state index in [0.29, 0.717) is 36.0 Å². The van der Waals surface area contributed by atoms with Gasteiger partial charge < -0.3 is 14.7 Å². The quantitative estimate of drug-likeness (QED) is 0.666. The minimum Gasteiger partial charge on any atom is -0.466 e. The molecule has 2 aromatic heterocycles. The van der Waals surface area contributed by atoms with E-state index in [4.69, 9.17) is 9.40 Å². The average Bonchev–Trinajstić information content (AvgIpc) is 2.93. The second-order valence-electron chi connectivity index (χ2n) is 7.69. The number of H-pyrrole nitrogens is 1. The van der Waals surface area contributed by atoms with Crippen molar-refractivity contribution in [3.8, 4) is 11.4 Å². The summed E-state index contributed by atoms with van der Waals surface area (Å²) in [6.45, 7) is 4.22. The Labute approximate surface area is 169 Å². The molecule has 1 aromatic carbocycles. The van der Waals surface area contributed by atoms with E-state index in [1.807, 2.05) is 37.3 Å². The first-order valence-corrected chi connectivity index (χ1v) is 10.0. The first kappa shape index (κ1) is 19.2. The number of aromatic amines is 1. The maximum Gasteiger partial charge on any atom is 0.254 e. The normalized spacial score (nSPS) is 16.1. The topological polar surface area (TPSA) is 88.0 Å². The molecule has 0 saturated carbocycles. The predicted octanol–water partition coefficient (Wildman–Crippen LogP) is 3.57. The molecule has 0 aliphatic heterocycles. The van der Waals surface area contributed by atoms with Gasteiger partial charge in [0.2, 0.25) is 0 Å². The van der Waals surface area contributed by atoms with Crippen LogP contribution in [0.4, 0.5) is 0 Å². The van der Waals surface area contributed by atoms with Crippen LogP contribution in [0.5, 0.6) is 0 Å². The van der Waals surface area contributed by atoms with Crippen molar-refractivity contribution in [2.45, 2.75) is 39.5 Å². The van der Waals surface area contributed by atoms with Crippen LogP contribution in [0, 0.1) is 19.8 Å². The number of benzene rings is 1. The number of nitrogens with zero attached hydrogens (tertiary/aromatic N) is 1. The third-order valence-corrected chi connectivity index (χ3v) is 5.58. The van der Waals surface area contributed by atoms with Crippen LogP contribution in [0.1, 0.15) is 46.0 Å². The summed E-state index contributed by atoms with van der Waals surface area (Å²) >= 11 is 0. The van der Waals surface area contributed by atoms with Crippen LogP contribution < -0.4 is 10.9 Å². The summed E-state index contributed by atoms with van der Waals surface area (Å²) in [6, 6.07) is 11.5. The molecule has 1 unspecified atom stereocenters. The highest BCUT2D eigenvalue weighted by molar-refractivity contribution is 5.95. The van der Waals surface area contributed by atoms with Gasteiger partial charge in [0.1, 0.15) is 17.3 Å². The van der Waals surface area contributed by atoms with Crippen LogP contribution in [0.3, 0.4) is 0 Å². The minimum atomic E-state index is -0.108. The molecule has 0 bridgehead atoms. The molecule has 3 aromatic rings. The zero-order chi connectivity index (χ0) is 20.4. The summed E-state index contributed by atoms with van der Waals surface area (Å²) in [7, 11) is 0. The molecule has 6 heteroatoms. The average molecular weight is 391 g/mol. The summed E-state index contributed by atoms with van der Waals surface area (Å²) in [6.07, 6.45) is 3.16. The summed E-state index contributed by atoms with van der Waals surface area (Å²) < 4.78 is 5.44. The molecule has 1 atom stereocenters. The van der Waals surface area contributed by atoms with Crippen molar-refractivity contribution in [3.05, 3.63) is 75.1 Å². The third-order valence-electron chi connectivity index (χ3n) is 5.58. The molecule has 0 fully saturated rings.